The van der Waals surface area contributed by atoms with Crippen LogP contribution >= 0.6 is 0 Å². The molecule has 4 rings (SSSR count). The van der Waals surface area contributed by atoms with Crippen LogP contribution in [0.5, 0.6) is 5.75 Å². The zero-order valence-corrected chi connectivity index (χ0v) is 18.3. The van der Waals surface area contributed by atoms with E-state index in [-0.39, 0.29) is 23.5 Å². The number of nitrogens with zero attached hydrogens (tertiary/aromatic N) is 2. The first-order valence-corrected chi connectivity index (χ1v) is 10.4. The summed E-state index contributed by atoms with van der Waals surface area (Å²) in [6, 6.07) is 19.6. The van der Waals surface area contributed by atoms with Crippen LogP contribution in [0.4, 0.5) is 10.1 Å². The molecule has 2 N–H and O–H groups in total. The molecule has 0 atom stereocenters. The third-order valence-corrected chi connectivity index (χ3v) is 5.03. The van der Waals surface area contributed by atoms with E-state index < -0.39 is 11.8 Å². The second kappa shape index (κ2) is 10.4. The maximum Gasteiger partial charge on any atom is 0.255 e. The first-order chi connectivity index (χ1) is 16.5. The summed E-state index contributed by atoms with van der Waals surface area (Å²) in [7, 11) is 1.45. The first-order valence-electron chi connectivity index (χ1n) is 10.4. The summed E-state index contributed by atoms with van der Waals surface area (Å²) in [5.41, 5.74) is 2.45. The lowest BCUT2D eigenvalue weighted by Gasteiger charge is -2.12. The minimum atomic E-state index is -0.429. The number of hydrogen-bond donors (Lipinski definition) is 2. The lowest BCUT2D eigenvalue weighted by atomic mass is 10.1. The minimum absolute atomic E-state index is 0.221. The molecule has 0 aliphatic carbocycles. The molecule has 0 bridgehead atoms. The quantitative estimate of drug-likeness (QED) is 0.428. The molecule has 2 amide bonds. The van der Waals surface area contributed by atoms with E-state index in [9.17, 15) is 14.0 Å². The predicted octanol–water partition coefficient (Wildman–Crippen LogP) is 4.47. The number of ether oxygens (including phenoxy) is 1. The van der Waals surface area contributed by atoms with E-state index in [1.807, 2.05) is 6.07 Å². The Bertz CT molecular complexity index is 1310. The van der Waals surface area contributed by atoms with Crippen LogP contribution in [-0.4, -0.2) is 28.9 Å². The number of nitrogens with one attached hydrogen (secondary N) is 2. The van der Waals surface area contributed by atoms with Crippen LogP contribution in [-0.2, 0) is 6.54 Å². The number of amides is 2. The zero-order valence-electron chi connectivity index (χ0n) is 18.3. The van der Waals surface area contributed by atoms with Crippen molar-refractivity contribution in [3.8, 4) is 17.0 Å². The average molecular weight is 456 g/mol. The molecule has 8 heteroatoms. The van der Waals surface area contributed by atoms with Crippen LogP contribution in [0.3, 0.4) is 0 Å². The number of pyridine rings is 2. The summed E-state index contributed by atoms with van der Waals surface area (Å²) < 4.78 is 19.3. The number of aromatic nitrogens is 2. The van der Waals surface area contributed by atoms with Gasteiger partial charge in [0.2, 0.25) is 0 Å². The van der Waals surface area contributed by atoms with Crippen LogP contribution in [0, 0.1) is 5.82 Å². The van der Waals surface area contributed by atoms with Crippen LogP contribution < -0.4 is 15.4 Å². The van der Waals surface area contributed by atoms with Crippen LogP contribution in [0.1, 0.15) is 26.4 Å². The molecule has 0 unspecified atom stereocenters. The molecule has 2 heterocycles. The molecular weight excluding hydrogens is 435 g/mol. The van der Waals surface area contributed by atoms with E-state index in [1.165, 1.54) is 25.4 Å². The highest BCUT2D eigenvalue weighted by Crippen LogP contribution is 2.23. The zero-order chi connectivity index (χ0) is 23.9. The fraction of sp³-hybridized carbons (Fsp3) is 0.0769. The third-order valence-electron chi connectivity index (χ3n) is 5.03. The van der Waals surface area contributed by atoms with E-state index in [2.05, 4.69) is 20.6 Å². The molecule has 34 heavy (non-hydrogen) atoms. The molecule has 4 aromatic rings. The second-order valence-corrected chi connectivity index (χ2v) is 7.28. The number of methoxy groups -OCH3 is 1. The highest BCUT2D eigenvalue weighted by atomic mass is 19.1. The third kappa shape index (κ3) is 5.24. The van der Waals surface area contributed by atoms with Gasteiger partial charge in [-0.05, 0) is 54.6 Å². The van der Waals surface area contributed by atoms with Gasteiger partial charge in [0.15, 0.2) is 0 Å². The topological polar surface area (TPSA) is 93.2 Å². The number of carbonyl (C=O) groups is 2. The predicted molar refractivity (Wildman–Crippen MR) is 126 cm³/mol. The van der Waals surface area contributed by atoms with Crippen LogP contribution in [0.2, 0.25) is 0 Å². The van der Waals surface area contributed by atoms with Gasteiger partial charge in [-0.3, -0.25) is 19.6 Å². The van der Waals surface area contributed by atoms with E-state index in [1.54, 1.807) is 60.8 Å². The lowest BCUT2D eigenvalue weighted by molar-refractivity contribution is 0.0947. The van der Waals surface area contributed by atoms with E-state index in [0.717, 1.165) is 0 Å². The molecule has 0 saturated carbocycles. The Hall–Kier alpha value is -4.59. The number of rotatable bonds is 7. The maximum absolute atomic E-state index is 14.0. The fourth-order valence-corrected chi connectivity index (χ4v) is 3.29. The number of hydrogen-bond acceptors (Lipinski definition) is 5. The van der Waals surface area contributed by atoms with Gasteiger partial charge in [-0.15, -0.1) is 0 Å². The minimum Gasteiger partial charge on any atom is -0.496 e. The van der Waals surface area contributed by atoms with Crippen molar-refractivity contribution >= 4 is 17.5 Å². The molecule has 170 valence electrons. The molecule has 0 radical (unpaired) electrons. The van der Waals surface area contributed by atoms with Crippen molar-refractivity contribution in [2.75, 3.05) is 12.4 Å². The normalized spacial score (nSPS) is 10.4. The maximum atomic E-state index is 14.0. The van der Waals surface area contributed by atoms with Crippen molar-refractivity contribution in [2.24, 2.45) is 0 Å². The largest absolute Gasteiger partial charge is 0.496 e. The summed E-state index contributed by atoms with van der Waals surface area (Å²) in [4.78, 5) is 33.9. The second-order valence-electron chi connectivity index (χ2n) is 7.28. The van der Waals surface area contributed by atoms with Gasteiger partial charge in [0.25, 0.3) is 11.8 Å². The Morgan fingerprint density at radius 1 is 0.941 bits per heavy atom. The van der Waals surface area contributed by atoms with Crippen molar-refractivity contribution in [1.82, 2.24) is 15.3 Å². The molecule has 0 aliphatic rings. The summed E-state index contributed by atoms with van der Waals surface area (Å²) >= 11 is 0. The van der Waals surface area contributed by atoms with Gasteiger partial charge in [0.1, 0.15) is 11.6 Å². The van der Waals surface area contributed by atoms with Gasteiger partial charge < -0.3 is 15.4 Å². The number of anilines is 1. The number of benzene rings is 2. The van der Waals surface area contributed by atoms with Crippen molar-refractivity contribution in [1.29, 1.82) is 0 Å². The molecule has 0 aliphatic heterocycles. The van der Waals surface area contributed by atoms with E-state index in [0.29, 0.717) is 28.4 Å². The Labute approximate surface area is 195 Å². The summed E-state index contributed by atoms with van der Waals surface area (Å²) in [5, 5.41) is 5.51. The highest BCUT2D eigenvalue weighted by molar-refractivity contribution is 6.07. The Morgan fingerprint density at radius 3 is 2.47 bits per heavy atom. The SMILES string of the molecule is COc1ccc(C(=O)Nc2ccc(-c3ccccc3F)nc2)cc1C(=O)NCc1ccccn1. The molecule has 2 aromatic carbocycles. The Kier molecular flexibility index (Phi) is 6.88. The van der Waals surface area contributed by atoms with Crippen molar-refractivity contribution in [3.63, 3.8) is 0 Å². The van der Waals surface area contributed by atoms with Gasteiger partial charge in [0.05, 0.1) is 42.5 Å². The summed E-state index contributed by atoms with van der Waals surface area (Å²) in [6.45, 7) is 0.235. The summed E-state index contributed by atoms with van der Waals surface area (Å²) in [6.07, 6.45) is 3.09. The van der Waals surface area contributed by atoms with Gasteiger partial charge in [0, 0.05) is 17.3 Å². The van der Waals surface area contributed by atoms with Crippen molar-refractivity contribution in [2.45, 2.75) is 6.54 Å². The number of halogens is 1. The van der Waals surface area contributed by atoms with Crippen molar-refractivity contribution in [3.05, 3.63) is 108 Å². The van der Waals surface area contributed by atoms with Gasteiger partial charge in [-0.25, -0.2) is 4.39 Å². The Morgan fingerprint density at radius 2 is 1.76 bits per heavy atom. The van der Waals surface area contributed by atoms with Gasteiger partial charge in [-0.1, -0.05) is 18.2 Å². The molecule has 0 saturated heterocycles. The average Bonchev–Trinajstić information content (AvgIpc) is 2.88. The fourth-order valence-electron chi connectivity index (χ4n) is 3.29. The van der Waals surface area contributed by atoms with Crippen LogP contribution in [0.25, 0.3) is 11.3 Å². The molecule has 0 fully saturated rings. The Balaban J connectivity index is 1.47. The van der Waals surface area contributed by atoms with Crippen LogP contribution in [0.15, 0.2) is 85.2 Å². The molecule has 7 nitrogen and oxygen atoms in total. The van der Waals surface area contributed by atoms with Gasteiger partial charge >= 0.3 is 0 Å². The summed E-state index contributed by atoms with van der Waals surface area (Å²) in [5.74, 6) is -0.861. The molecular formula is C26H21FN4O3. The lowest BCUT2D eigenvalue weighted by Crippen LogP contribution is -2.24. The van der Waals surface area contributed by atoms with E-state index in [4.69, 9.17) is 4.74 Å². The highest BCUT2D eigenvalue weighted by Gasteiger charge is 2.16. The number of carbonyl (C=O) groups excluding carboxylic acids is 2. The van der Waals surface area contributed by atoms with Gasteiger partial charge in [-0.2, -0.15) is 0 Å². The smallest absolute Gasteiger partial charge is 0.255 e. The monoisotopic (exact) mass is 456 g/mol. The standard InChI is InChI=1S/C26H21FN4O3/c1-34-24-12-9-17(14-21(24)26(33)30-15-18-6-4-5-13-28-18)25(32)31-19-10-11-23(29-16-19)20-7-2-3-8-22(20)27/h2-14,16H,15H2,1H3,(H,30,33)(H,31,32). The van der Waals surface area contributed by atoms with E-state index >= 15 is 0 Å². The molecule has 2 aromatic heterocycles. The van der Waals surface area contributed by atoms with Crippen molar-refractivity contribution < 1.29 is 18.7 Å². The first kappa shape index (κ1) is 22.6. The molecule has 0 spiro atoms.